The molecule has 3 aromatic carbocycles. The summed E-state index contributed by atoms with van der Waals surface area (Å²) in [6, 6.07) is 16.3. The van der Waals surface area contributed by atoms with Gasteiger partial charge in [0.15, 0.2) is 5.58 Å². The lowest BCUT2D eigenvalue weighted by Gasteiger charge is -2.03. The molecule has 0 fully saturated rings. The van der Waals surface area contributed by atoms with Gasteiger partial charge in [0.2, 0.25) is 5.89 Å². The van der Waals surface area contributed by atoms with Crippen molar-refractivity contribution >= 4 is 53.7 Å². The summed E-state index contributed by atoms with van der Waals surface area (Å²) in [5, 5.41) is 2.28. The van der Waals surface area contributed by atoms with E-state index in [4.69, 9.17) is 9.40 Å². The molecule has 0 aliphatic heterocycles. The molecule has 0 N–H and O–H groups in total. The van der Waals surface area contributed by atoms with E-state index >= 15 is 0 Å². The first kappa shape index (κ1) is 14.0. The van der Waals surface area contributed by atoms with Crippen molar-refractivity contribution in [3.63, 3.8) is 0 Å². The van der Waals surface area contributed by atoms with E-state index in [0.717, 1.165) is 36.6 Å². The Morgan fingerprint density at radius 3 is 2.45 bits per heavy atom. The molecule has 0 atom stereocenters. The standard InChI is InChI=1S/C18H11Br2NO/c1-10-14(19)8-12(9-15(10)20)18-21-17-13-5-3-2-4-11(13)6-7-16(17)22-18/h2-9H,1H3. The maximum absolute atomic E-state index is 5.96. The van der Waals surface area contributed by atoms with Crippen molar-refractivity contribution in [2.24, 2.45) is 0 Å². The number of fused-ring (bicyclic) bond motifs is 3. The Hall–Kier alpha value is -1.65. The van der Waals surface area contributed by atoms with Gasteiger partial charge in [-0.3, -0.25) is 0 Å². The average molecular weight is 417 g/mol. The van der Waals surface area contributed by atoms with Gasteiger partial charge >= 0.3 is 0 Å². The van der Waals surface area contributed by atoms with Gasteiger partial charge in [-0.25, -0.2) is 4.98 Å². The van der Waals surface area contributed by atoms with Gasteiger partial charge in [-0.05, 0) is 36.1 Å². The molecule has 0 saturated heterocycles. The summed E-state index contributed by atoms with van der Waals surface area (Å²) >= 11 is 7.16. The van der Waals surface area contributed by atoms with Crippen molar-refractivity contribution in [3.8, 4) is 11.5 Å². The molecule has 0 saturated carbocycles. The van der Waals surface area contributed by atoms with Crippen LogP contribution >= 0.6 is 31.9 Å². The summed E-state index contributed by atoms with van der Waals surface area (Å²) in [6.07, 6.45) is 0. The molecule has 108 valence electrons. The fourth-order valence-corrected chi connectivity index (χ4v) is 3.74. The second-order valence-electron chi connectivity index (χ2n) is 5.22. The highest BCUT2D eigenvalue weighted by molar-refractivity contribution is 9.11. The molecule has 22 heavy (non-hydrogen) atoms. The molecule has 0 radical (unpaired) electrons. The van der Waals surface area contributed by atoms with Gasteiger partial charge in [-0.15, -0.1) is 0 Å². The minimum Gasteiger partial charge on any atom is -0.436 e. The molecule has 0 amide bonds. The number of oxazole rings is 1. The van der Waals surface area contributed by atoms with E-state index in [1.165, 1.54) is 5.39 Å². The van der Waals surface area contributed by atoms with Crippen molar-refractivity contribution in [2.45, 2.75) is 6.92 Å². The molecular formula is C18H11Br2NO. The first-order valence-corrected chi connectivity index (χ1v) is 8.46. The van der Waals surface area contributed by atoms with Gasteiger partial charge in [0, 0.05) is 19.9 Å². The number of hydrogen-bond acceptors (Lipinski definition) is 2. The summed E-state index contributed by atoms with van der Waals surface area (Å²) in [5.41, 5.74) is 3.82. The van der Waals surface area contributed by atoms with Crippen LogP contribution in [0, 0.1) is 6.92 Å². The number of aromatic nitrogens is 1. The maximum Gasteiger partial charge on any atom is 0.227 e. The molecule has 4 heteroatoms. The molecule has 0 bridgehead atoms. The van der Waals surface area contributed by atoms with E-state index in [1.807, 2.05) is 30.3 Å². The van der Waals surface area contributed by atoms with Gasteiger partial charge in [-0.2, -0.15) is 0 Å². The molecule has 0 unspecified atom stereocenters. The van der Waals surface area contributed by atoms with Crippen molar-refractivity contribution in [3.05, 3.63) is 63.0 Å². The minimum absolute atomic E-state index is 0.632. The Bertz CT molecular complexity index is 997. The van der Waals surface area contributed by atoms with E-state index in [0.29, 0.717) is 5.89 Å². The second kappa shape index (κ2) is 5.21. The number of halogens is 2. The molecule has 4 rings (SSSR count). The molecular weight excluding hydrogens is 406 g/mol. The van der Waals surface area contributed by atoms with Crippen LogP contribution in [0.25, 0.3) is 33.3 Å². The lowest BCUT2D eigenvalue weighted by Crippen LogP contribution is -1.83. The number of benzene rings is 3. The van der Waals surface area contributed by atoms with E-state index in [1.54, 1.807) is 0 Å². The zero-order chi connectivity index (χ0) is 15.3. The predicted octanol–water partition coefficient (Wildman–Crippen LogP) is 6.48. The Morgan fingerprint density at radius 1 is 0.955 bits per heavy atom. The first-order chi connectivity index (χ1) is 10.6. The third-order valence-corrected chi connectivity index (χ3v) is 5.46. The summed E-state index contributed by atoms with van der Waals surface area (Å²) < 4.78 is 8.02. The lowest BCUT2D eigenvalue weighted by atomic mass is 10.1. The third-order valence-electron chi connectivity index (χ3n) is 3.81. The highest BCUT2D eigenvalue weighted by atomic mass is 79.9. The molecule has 1 aromatic heterocycles. The maximum atomic E-state index is 5.96. The average Bonchev–Trinajstić information content (AvgIpc) is 2.96. The SMILES string of the molecule is Cc1c(Br)cc(-c2nc3c(ccc4ccccc43)o2)cc1Br. The Balaban J connectivity index is 1.98. The number of hydrogen-bond donors (Lipinski definition) is 0. The molecule has 1 heterocycles. The Morgan fingerprint density at radius 2 is 1.68 bits per heavy atom. The van der Waals surface area contributed by atoms with E-state index in [2.05, 4.69) is 57.0 Å². The Kier molecular flexibility index (Phi) is 3.31. The summed E-state index contributed by atoms with van der Waals surface area (Å²) in [5.74, 6) is 0.632. The predicted molar refractivity (Wildman–Crippen MR) is 97.1 cm³/mol. The van der Waals surface area contributed by atoms with Crippen LogP contribution in [-0.2, 0) is 0 Å². The fourth-order valence-electron chi connectivity index (χ4n) is 2.55. The summed E-state index contributed by atoms with van der Waals surface area (Å²) in [7, 11) is 0. The van der Waals surface area contributed by atoms with Crippen LogP contribution in [0.1, 0.15) is 5.56 Å². The van der Waals surface area contributed by atoms with Gasteiger partial charge in [0.05, 0.1) is 0 Å². The third kappa shape index (κ3) is 2.18. The molecule has 2 nitrogen and oxygen atoms in total. The minimum atomic E-state index is 0.632. The van der Waals surface area contributed by atoms with Crippen molar-refractivity contribution < 1.29 is 4.42 Å². The highest BCUT2D eigenvalue weighted by Gasteiger charge is 2.13. The van der Waals surface area contributed by atoms with E-state index in [-0.39, 0.29) is 0 Å². The van der Waals surface area contributed by atoms with Gasteiger partial charge in [0.25, 0.3) is 0 Å². The van der Waals surface area contributed by atoms with Gasteiger partial charge in [0.1, 0.15) is 5.52 Å². The van der Waals surface area contributed by atoms with E-state index in [9.17, 15) is 0 Å². The lowest BCUT2D eigenvalue weighted by molar-refractivity contribution is 0.620. The monoisotopic (exact) mass is 415 g/mol. The smallest absolute Gasteiger partial charge is 0.227 e. The van der Waals surface area contributed by atoms with Crippen LogP contribution in [0.2, 0.25) is 0 Å². The van der Waals surface area contributed by atoms with Crippen LogP contribution in [0.4, 0.5) is 0 Å². The van der Waals surface area contributed by atoms with Crippen LogP contribution in [-0.4, -0.2) is 4.98 Å². The topological polar surface area (TPSA) is 26.0 Å². The van der Waals surface area contributed by atoms with Gasteiger partial charge < -0.3 is 4.42 Å². The van der Waals surface area contributed by atoms with Crippen LogP contribution in [0.3, 0.4) is 0 Å². The zero-order valence-corrected chi connectivity index (χ0v) is 14.9. The molecule has 0 aliphatic rings. The fraction of sp³-hybridized carbons (Fsp3) is 0.0556. The first-order valence-electron chi connectivity index (χ1n) is 6.88. The van der Waals surface area contributed by atoms with Crippen LogP contribution in [0.15, 0.2) is 61.9 Å². The largest absolute Gasteiger partial charge is 0.436 e. The molecule has 4 aromatic rings. The van der Waals surface area contributed by atoms with Crippen LogP contribution < -0.4 is 0 Å². The zero-order valence-electron chi connectivity index (χ0n) is 11.7. The number of rotatable bonds is 1. The summed E-state index contributed by atoms with van der Waals surface area (Å²) in [4.78, 5) is 4.71. The second-order valence-corrected chi connectivity index (χ2v) is 6.93. The Labute approximate surface area is 144 Å². The molecule has 0 spiro atoms. The molecule has 0 aliphatic carbocycles. The van der Waals surface area contributed by atoms with Crippen molar-refractivity contribution in [1.82, 2.24) is 4.98 Å². The number of nitrogens with zero attached hydrogens (tertiary/aromatic N) is 1. The van der Waals surface area contributed by atoms with E-state index < -0.39 is 0 Å². The van der Waals surface area contributed by atoms with Gasteiger partial charge in [-0.1, -0.05) is 62.2 Å². The van der Waals surface area contributed by atoms with Crippen molar-refractivity contribution in [2.75, 3.05) is 0 Å². The highest BCUT2D eigenvalue weighted by Crippen LogP contribution is 2.34. The quantitative estimate of drug-likeness (QED) is 0.354. The van der Waals surface area contributed by atoms with Crippen molar-refractivity contribution in [1.29, 1.82) is 0 Å². The summed E-state index contributed by atoms with van der Waals surface area (Å²) in [6.45, 7) is 2.05. The normalized spacial score (nSPS) is 11.4. The van der Waals surface area contributed by atoms with Crippen LogP contribution in [0.5, 0.6) is 0 Å².